The van der Waals surface area contributed by atoms with Crippen LogP contribution in [0.2, 0.25) is 0 Å². The van der Waals surface area contributed by atoms with Gasteiger partial charge in [-0.1, -0.05) is 0 Å². The van der Waals surface area contributed by atoms with Crippen LogP contribution >= 0.6 is 0 Å². The summed E-state index contributed by atoms with van der Waals surface area (Å²) in [5.41, 5.74) is 8.36. The monoisotopic (exact) mass is 201 g/mol. The Morgan fingerprint density at radius 2 is 1.53 bits per heavy atom. The minimum Gasteiger partial charge on any atom is -0.395 e. The van der Waals surface area contributed by atoms with Gasteiger partial charge in [-0.25, -0.2) is 0 Å². The van der Waals surface area contributed by atoms with Crippen LogP contribution in [0.3, 0.4) is 0 Å². The van der Waals surface area contributed by atoms with E-state index in [1.807, 2.05) is 13.8 Å². The van der Waals surface area contributed by atoms with Gasteiger partial charge in [0.15, 0.2) is 5.78 Å². The fourth-order valence-electron chi connectivity index (χ4n) is 1.65. The largest absolute Gasteiger partial charge is 0.395 e. The van der Waals surface area contributed by atoms with Crippen LogP contribution < -0.4 is 5.73 Å². The summed E-state index contributed by atoms with van der Waals surface area (Å²) in [4.78, 5) is 23.3. The normalized spacial score (nSPS) is 14.9. The molecule has 0 saturated carbocycles. The molecule has 76 valence electrons. The fraction of sp³-hybridized carbons (Fsp3) is 0.167. The molecule has 0 unspecified atom stereocenters. The number of allylic oxidation sites excluding steroid dienone is 2. The van der Waals surface area contributed by atoms with Gasteiger partial charge in [-0.2, -0.15) is 0 Å². The second-order valence-electron chi connectivity index (χ2n) is 3.78. The predicted molar refractivity (Wildman–Crippen MR) is 56.8 cm³/mol. The van der Waals surface area contributed by atoms with Crippen LogP contribution in [0.5, 0.6) is 0 Å². The van der Waals surface area contributed by atoms with E-state index in [9.17, 15) is 9.59 Å². The highest BCUT2D eigenvalue weighted by Crippen LogP contribution is 2.22. The van der Waals surface area contributed by atoms with Crippen LogP contribution in [0, 0.1) is 13.8 Å². The second-order valence-corrected chi connectivity index (χ2v) is 3.78. The van der Waals surface area contributed by atoms with Crippen LogP contribution in [-0.2, 0) is 0 Å². The standard InChI is InChI=1S/C12H11NO2/c1-6-3-8-9(4-7(6)2)12(15)10(13)5-11(8)14/h3-5H,13H2,1-2H3. The summed E-state index contributed by atoms with van der Waals surface area (Å²) in [6.45, 7) is 3.82. The molecule has 2 N–H and O–H groups in total. The first-order chi connectivity index (χ1) is 7.00. The molecule has 0 bridgehead atoms. The SMILES string of the molecule is Cc1cc2c(cc1C)C(=O)C(N)=CC2=O. The number of Topliss-reactive ketones (excluding diaryl/α,β-unsaturated/α-hetero) is 1. The molecule has 15 heavy (non-hydrogen) atoms. The van der Waals surface area contributed by atoms with Crippen molar-refractivity contribution < 1.29 is 9.59 Å². The summed E-state index contributed by atoms with van der Waals surface area (Å²) in [7, 11) is 0. The molecule has 0 heterocycles. The van der Waals surface area contributed by atoms with Gasteiger partial charge in [0.2, 0.25) is 5.78 Å². The molecule has 0 atom stereocenters. The number of aryl methyl sites for hydroxylation is 2. The van der Waals surface area contributed by atoms with Crippen LogP contribution in [0.25, 0.3) is 0 Å². The van der Waals surface area contributed by atoms with E-state index in [1.54, 1.807) is 12.1 Å². The zero-order chi connectivity index (χ0) is 11.2. The maximum Gasteiger partial charge on any atom is 0.209 e. The van der Waals surface area contributed by atoms with Gasteiger partial charge in [0.25, 0.3) is 0 Å². The quantitative estimate of drug-likeness (QED) is 0.692. The van der Waals surface area contributed by atoms with Crippen molar-refractivity contribution in [3.63, 3.8) is 0 Å². The van der Waals surface area contributed by atoms with Crippen molar-refractivity contribution in [1.82, 2.24) is 0 Å². The highest BCUT2D eigenvalue weighted by molar-refractivity contribution is 6.24. The Morgan fingerprint density at radius 1 is 1.00 bits per heavy atom. The summed E-state index contributed by atoms with van der Waals surface area (Å²) in [5, 5.41) is 0. The molecule has 0 aliphatic heterocycles. The summed E-state index contributed by atoms with van der Waals surface area (Å²) >= 11 is 0. The lowest BCUT2D eigenvalue weighted by Gasteiger charge is -2.14. The topological polar surface area (TPSA) is 60.2 Å². The third kappa shape index (κ3) is 1.36. The minimum absolute atomic E-state index is 0.0238. The van der Waals surface area contributed by atoms with Gasteiger partial charge in [0, 0.05) is 17.2 Å². The van der Waals surface area contributed by atoms with Crippen LogP contribution in [0.4, 0.5) is 0 Å². The number of fused-ring (bicyclic) bond motifs is 1. The number of nitrogens with two attached hydrogens (primary N) is 1. The van der Waals surface area contributed by atoms with E-state index in [0.717, 1.165) is 11.1 Å². The molecule has 0 aromatic heterocycles. The first kappa shape index (κ1) is 9.65. The van der Waals surface area contributed by atoms with Crippen LogP contribution in [0.15, 0.2) is 23.9 Å². The van der Waals surface area contributed by atoms with Gasteiger partial charge in [-0.05, 0) is 37.1 Å². The Kier molecular flexibility index (Phi) is 1.96. The summed E-state index contributed by atoms with van der Waals surface area (Å²) < 4.78 is 0. The number of benzene rings is 1. The molecule has 1 aromatic carbocycles. The van der Waals surface area contributed by atoms with E-state index in [2.05, 4.69) is 0 Å². The number of hydrogen-bond donors (Lipinski definition) is 1. The van der Waals surface area contributed by atoms with Gasteiger partial charge in [-0.3, -0.25) is 9.59 Å². The average Bonchev–Trinajstić information content (AvgIpc) is 2.18. The molecule has 0 amide bonds. The van der Waals surface area contributed by atoms with Crippen LogP contribution in [-0.4, -0.2) is 11.6 Å². The molecular formula is C12H11NO2. The highest BCUT2D eigenvalue weighted by atomic mass is 16.1. The molecule has 0 saturated heterocycles. The summed E-state index contributed by atoms with van der Waals surface area (Å²) in [5.74, 6) is -0.446. The summed E-state index contributed by atoms with van der Waals surface area (Å²) in [6, 6.07) is 3.47. The van der Waals surface area contributed by atoms with Gasteiger partial charge >= 0.3 is 0 Å². The second kappa shape index (κ2) is 3.05. The number of hydrogen-bond acceptors (Lipinski definition) is 3. The Morgan fingerprint density at radius 3 is 2.13 bits per heavy atom. The molecule has 1 aliphatic rings. The molecule has 0 spiro atoms. The molecule has 3 nitrogen and oxygen atoms in total. The molecule has 3 heteroatoms. The minimum atomic E-state index is -0.257. The van der Waals surface area contributed by atoms with Crippen molar-refractivity contribution in [2.24, 2.45) is 5.73 Å². The molecule has 1 aromatic rings. The molecule has 1 aliphatic carbocycles. The van der Waals surface area contributed by atoms with Gasteiger partial charge in [-0.15, -0.1) is 0 Å². The van der Waals surface area contributed by atoms with E-state index in [0.29, 0.717) is 11.1 Å². The fourth-order valence-corrected chi connectivity index (χ4v) is 1.65. The maximum atomic E-state index is 11.7. The first-order valence-electron chi connectivity index (χ1n) is 4.68. The number of carbonyl (C=O) groups excluding carboxylic acids is 2. The van der Waals surface area contributed by atoms with Crippen molar-refractivity contribution in [2.75, 3.05) is 0 Å². The zero-order valence-corrected chi connectivity index (χ0v) is 8.63. The van der Waals surface area contributed by atoms with Crippen molar-refractivity contribution in [1.29, 1.82) is 0 Å². The van der Waals surface area contributed by atoms with E-state index in [4.69, 9.17) is 5.73 Å². The van der Waals surface area contributed by atoms with E-state index in [1.165, 1.54) is 6.08 Å². The molecule has 0 radical (unpaired) electrons. The smallest absolute Gasteiger partial charge is 0.209 e. The lowest BCUT2D eigenvalue weighted by atomic mass is 9.89. The predicted octanol–water partition coefficient (Wildman–Crippen LogP) is 1.53. The number of ketones is 2. The third-order valence-electron chi connectivity index (χ3n) is 2.69. The first-order valence-corrected chi connectivity index (χ1v) is 4.68. The Labute approximate surface area is 87.6 Å². The van der Waals surface area contributed by atoms with E-state index < -0.39 is 0 Å². The molecule has 2 rings (SSSR count). The maximum absolute atomic E-state index is 11.7. The van der Waals surface area contributed by atoms with Gasteiger partial charge < -0.3 is 5.73 Å². The average molecular weight is 201 g/mol. The van der Waals surface area contributed by atoms with Crippen molar-refractivity contribution in [2.45, 2.75) is 13.8 Å². The van der Waals surface area contributed by atoms with E-state index >= 15 is 0 Å². The highest BCUT2D eigenvalue weighted by Gasteiger charge is 2.24. The lowest BCUT2D eigenvalue weighted by Crippen LogP contribution is -2.22. The van der Waals surface area contributed by atoms with Crippen molar-refractivity contribution in [3.05, 3.63) is 46.2 Å². The van der Waals surface area contributed by atoms with E-state index in [-0.39, 0.29) is 17.3 Å². The molecular weight excluding hydrogens is 190 g/mol. The lowest BCUT2D eigenvalue weighted by molar-refractivity contribution is 0.0983. The third-order valence-corrected chi connectivity index (χ3v) is 2.69. The Bertz CT molecular complexity index is 513. The van der Waals surface area contributed by atoms with Crippen LogP contribution in [0.1, 0.15) is 31.8 Å². The van der Waals surface area contributed by atoms with Gasteiger partial charge in [0.05, 0.1) is 5.70 Å². The number of carbonyl (C=O) groups is 2. The summed E-state index contributed by atoms with van der Waals surface area (Å²) in [6.07, 6.45) is 1.19. The zero-order valence-electron chi connectivity index (χ0n) is 8.63. The van der Waals surface area contributed by atoms with Gasteiger partial charge in [0.1, 0.15) is 0 Å². The Balaban J connectivity index is 2.73. The number of rotatable bonds is 0. The van der Waals surface area contributed by atoms with Crippen molar-refractivity contribution >= 4 is 11.6 Å². The Hall–Kier alpha value is -1.90. The van der Waals surface area contributed by atoms with Crippen molar-refractivity contribution in [3.8, 4) is 0 Å². The molecule has 0 fully saturated rings.